The molecule has 2 aliphatic rings. The van der Waals surface area contributed by atoms with Crippen molar-refractivity contribution in [1.82, 2.24) is 10.1 Å². The highest BCUT2D eigenvalue weighted by Crippen LogP contribution is 2.40. The average molecular weight is 425 g/mol. The van der Waals surface area contributed by atoms with Gasteiger partial charge < -0.3 is 14.2 Å². The van der Waals surface area contributed by atoms with Gasteiger partial charge in [0.05, 0.1) is 18.4 Å². The Hall–Kier alpha value is -2.86. The number of fused-ring (bicyclic) bond motifs is 2. The maximum absolute atomic E-state index is 12.9. The maximum atomic E-state index is 12.9. The molecule has 2 aliphatic heterocycles. The fourth-order valence-electron chi connectivity index (χ4n) is 4.39. The number of rotatable bonds is 2. The van der Waals surface area contributed by atoms with Crippen LogP contribution in [0.1, 0.15) is 40.9 Å². The minimum Gasteiger partial charge on any atom is -0.486 e. The number of piperidine rings is 1. The van der Waals surface area contributed by atoms with E-state index in [2.05, 4.69) is 5.16 Å². The predicted molar refractivity (Wildman–Crippen MR) is 112 cm³/mol. The van der Waals surface area contributed by atoms with Gasteiger partial charge in [-0.3, -0.25) is 9.59 Å². The number of nitrogens with zero attached hydrogens (tertiary/aromatic N) is 2. The summed E-state index contributed by atoms with van der Waals surface area (Å²) in [5.74, 6) is 0.638. The molecule has 1 amide bonds. The van der Waals surface area contributed by atoms with Gasteiger partial charge in [0, 0.05) is 36.3 Å². The lowest BCUT2D eigenvalue weighted by Gasteiger charge is -2.44. The number of aromatic nitrogens is 1. The third-order valence-corrected chi connectivity index (χ3v) is 6.33. The molecule has 3 aromatic rings. The molecule has 30 heavy (non-hydrogen) atoms. The molecule has 1 fully saturated rings. The first-order valence-electron chi connectivity index (χ1n) is 10.1. The summed E-state index contributed by atoms with van der Waals surface area (Å²) in [5.41, 5.74) is 2.44. The minimum atomic E-state index is -0.549. The summed E-state index contributed by atoms with van der Waals surface area (Å²) in [5, 5.41) is 5.50. The predicted octanol–water partition coefficient (Wildman–Crippen LogP) is 4.36. The van der Waals surface area contributed by atoms with Crippen LogP contribution in [-0.4, -0.2) is 40.4 Å². The largest absolute Gasteiger partial charge is 0.486 e. The van der Waals surface area contributed by atoms with Crippen LogP contribution in [0.4, 0.5) is 0 Å². The van der Waals surface area contributed by atoms with Crippen molar-refractivity contribution in [2.24, 2.45) is 0 Å². The molecule has 0 radical (unpaired) electrons. The number of amides is 1. The maximum Gasteiger partial charge on any atom is 0.228 e. The molecular weight excluding hydrogens is 404 g/mol. The average Bonchev–Trinajstić information content (AvgIpc) is 3.11. The zero-order chi connectivity index (χ0) is 20.9. The first-order chi connectivity index (χ1) is 14.4. The van der Waals surface area contributed by atoms with Crippen LogP contribution >= 0.6 is 11.6 Å². The van der Waals surface area contributed by atoms with Gasteiger partial charge in [-0.25, -0.2) is 0 Å². The van der Waals surface area contributed by atoms with Crippen molar-refractivity contribution in [3.05, 3.63) is 58.2 Å². The fraction of sp³-hybridized carbons (Fsp3) is 0.348. The van der Waals surface area contributed by atoms with Crippen molar-refractivity contribution < 1.29 is 18.8 Å². The first-order valence-corrected chi connectivity index (χ1v) is 10.4. The number of hydrogen-bond acceptors (Lipinski definition) is 5. The summed E-state index contributed by atoms with van der Waals surface area (Å²) in [6.07, 6.45) is 1.75. The number of carbonyl (C=O) groups excluding carboxylic acids is 2. The van der Waals surface area contributed by atoms with Crippen molar-refractivity contribution >= 4 is 34.3 Å². The Morgan fingerprint density at radius 2 is 2.00 bits per heavy atom. The van der Waals surface area contributed by atoms with E-state index in [-0.39, 0.29) is 18.1 Å². The highest BCUT2D eigenvalue weighted by Gasteiger charge is 2.43. The summed E-state index contributed by atoms with van der Waals surface area (Å²) in [6, 6.07) is 11.0. The molecule has 1 aromatic heterocycles. The number of ether oxygens (including phenoxy) is 1. The van der Waals surface area contributed by atoms with E-state index in [4.69, 9.17) is 20.9 Å². The van der Waals surface area contributed by atoms with Crippen LogP contribution in [0.2, 0.25) is 5.02 Å². The number of hydrogen-bond donors (Lipinski definition) is 0. The molecule has 7 heteroatoms. The molecule has 0 N–H and O–H groups in total. The van der Waals surface area contributed by atoms with Gasteiger partial charge in [0.15, 0.2) is 11.4 Å². The van der Waals surface area contributed by atoms with Crippen molar-refractivity contribution in [2.45, 2.75) is 38.2 Å². The molecule has 2 aromatic carbocycles. The Morgan fingerprint density at radius 1 is 1.20 bits per heavy atom. The van der Waals surface area contributed by atoms with E-state index in [0.717, 1.165) is 10.9 Å². The lowest BCUT2D eigenvalue weighted by atomic mass is 9.82. The van der Waals surface area contributed by atoms with E-state index in [1.807, 2.05) is 30.0 Å². The van der Waals surface area contributed by atoms with Gasteiger partial charge in [-0.1, -0.05) is 28.4 Å². The quantitative estimate of drug-likeness (QED) is 0.611. The van der Waals surface area contributed by atoms with Gasteiger partial charge in [-0.15, -0.1) is 0 Å². The molecule has 0 aliphatic carbocycles. The van der Waals surface area contributed by atoms with Crippen LogP contribution in [0.5, 0.6) is 5.75 Å². The number of aryl methyl sites for hydroxylation is 1. The van der Waals surface area contributed by atoms with Crippen LogP contribution in [0.25, 0.3) is 11.0 Å². The Labute approximate surface area is 178 Å². The number of benzene rings is 2. The smallest absolute Gasteiger partial charge is 0.228 e. The number of halogens is 1. The van der Waals surface area contributed by atoms with Crippen molar-refractivity contribution in [3.8, 4) is 5.75 Å². The molecule has 0 bridgehead atoms. The Bertz CT molecular complexity index is 1160. The van der Waals surface area contributed by atoms with Crippen LogP contribution in [0, 0.1) is 6.92 Å². The highest BCUT2D eigenvalue weighted by molar-refractivity contribution is 6.31. The van der Waals surface area contributed by atoms with Crippen molar-refractivity contribution in [1.29, 1.82) is 0 Å². The molecule has 0 saturated carbocycles. The summed E-state index contributed by atoms with van der Waals surface area (Å²) >= 11 is 6.01. The van der Waals surface area contributed by atoms with Gasteiger partial charge >= 0.3 is 0 Å². The van der Waals surface area contributed by atoms with Gasteiger partial charge in [0.2, 0.25) is 5.91 Å². The van der Waals surface area contributed by atoms with E-state index in [9.17, 15) is 9.59 Å². The fourth-order valence-corrected chi connectivity index (χ4v) is 4.57. The van der Waals surface area contributed by atoms with Crippen LogP contribution in [-0.2, 0) is 11.2 Å². The first kappa shape index (κ1) is 19.1. The van der Waals surface area contributed by atoms with Crippen LogP contribution in [0.15, 0.2) is 40.9 Å². The third-order valence-electron chi connectivity index (χ3n) is 6.10. The van der Waals surface area contributed by atoms with Crippen LogP contribution < -0.4 is 4.74 Å². The van der Waals surface area contributed by atoms with E-state index < -0.39 is 5.60 Å². The van der Waals surface area contributed by atoms with Gasteiger partial charge in [0.1, 0.15) is 17.0 Å². The van der Waals surface area contributed by atoms with Gasteiger partial charge in [-0.05, 0) is 37.3 Å². The Kier molecular flexibility index (Phi) is 4.54. The third kappa shape index (κ3) is 3.35. The normalized spacial score (nSPS) is 17.8. The second-order valence-corrected chi connectivity index (χ2v) is 8.65. The molecule has 3 heterocycles. The summed E-state index contributed by atoms with van der Waals surface area (Å²) in [7, 11) is 0. The molecule has 154 valence electrons. The highest BCUT2D eigenvalue weighted by atomic mass is 35.5. The molecule has 0 unspecified atom stereocenters. The lowest BCUT2D eigenvalue weighted by Crippen LogP contribution is -2.52. The monoisotopic (exact) mass is 424 g/mol. The number of ketones is 1. The number of Topliss-reactive ketones (excluding diaryl/α,β-unsaturated/α-hetero) is 1. The molecule has 5 rings (SSSR count). The zero-order valence-corrected chi connectivity index (χ0v) is 17.4. The SMILES string of the molecule is Cc1ccc2onc(CC(=O)N3CCC4(CC3)CC(=O)c3cc(Cl)ccc3O4)c2c1. The number of likely N-dealkylation sites (tertiary alicyclic amines) is 1. The zero-order valence-electron chi connectivity index (χ0n) is 16.6. The molecule has 6 nitrogen and oxygen atoms in total. The van der Waals surface area contributed by atoms with E-state index in [1.165, 1.54) is 0 Å². The van der Waals surface area contributed by atoms with E-state index >= 15 is 0 Å². The second-order valence-electron chi connectivity index (χ2n) is 8.21. The lowest BCUT2D eigenvalue weighted by molar-refractivity contribution is -0.134. The molecule has 1 saturated heterocycles. The van der Waals surface area contributed by atoms with Gasteiger partial charge in [-0.2, -0.15) is 0 Å². The standard InChI is InChI=1S/C23H21ClN2O4/c1-14-2-4-21-16(10-14)18(25-30-21)12-22(28)26-8-6-23(7-9-26)13-19(27)17-11-15(24)3-5-20(17)29-23/h2-5,10-11H,6-9,12-13H2,1H3. The van der Waals surface area contributed by atoms with Gasteiger partial charge in [0.25, 0.3) is 0 Å². The minimum absolute atomic E-state index is 0.0101. The topological polar surface area (TPSA) is 72.6 Å². The van der Waals surface area contributed by atoms with Crippen molar-refractivity contribution in [2.75, 3.05) is 13.1 Å². The Balaban J connectivity index is 1.28. The molecule has 1 spiro atoms. The number of carbonyl (C=O) groups is 2. The van der Waals surface area contributed by atoms with E-state index in [0.29, 0.717) is 60.0 Å². The summed E-state index contributed by atoms with van der Waals surface area (Å²) < 4.78 is 11.6. The molecular formula is C23H21ClN2O4. The van der Waals surface area contributed by atoms with Crippen LogP contribution in [0.3, 0.4) is 0 Å². The summed E-state index contributed by atoms with van der Waals surface area (Å²) in [6.45, 7) is 3.09. The Morgan fingerprint density at radius 3 is 2.80 bits per heavy atom. The van der Waals surface area contributed by atoms with Crippen molar-refractivity contribution in [3.63, 3.8) is 0 Å². The molecule has 0 atom stereocenters. The van der Waals surface area contributed by atoms with E-state index in [1.54, 1.807) is 18.2 Å². The second kappa shape index (κ2) is 7.13. The summed E-state index contributed by atoms with van der Waals surface area (Å²) in [4.78, 5) is 27.4.